The van der Waals surface area contributed by atoms with Gasteiger partial charge in [0.25, 0.3) is 0 Å². The zero-order valence-electron chi connectivity index (χ0n) is 16.6. The number of hydrogen-bond donors (Lipinski definition) is 2. The van der Waals surface area contributed by atoms with Gasteiger partial charge in [-0.05, 0) is 46.1 Å². The molecule has 2 amide bonds. The van der Waals surface area contributed by atoms with Crippen LogP contribution in [0.25, 0.3) is 11.6 Å². The molecule has 0 unspecified atom stereocenters. The summed E-state index contributed by atoms with van der Waals surface area (Å²) in [6.07, 6.45) is 1.59. The van der Waals surface area contributed by atoms with Crippen LogP contribution in [0, 0.1) is 5.92 Å². The largest absolute Gasteiger partial charge is 0.461 e. The van der Waals surface area contributed by atoms with E-state index in [1.165, 1.54) is 11.8 Å². The SMILES string of the molecule is CC(C)Cn1c(SCC(=O)NCC(=O)Nc2ccccc2Br)nnc1-c1ccco1. The van der Waals surface area contributed by atoms with E-state index in [1.54, 1.807) is 18.4 Å². The minimum Gasteiger partial charge on any atom is -0.461 e. The lowest BCUT2D eigenvalue weighted by atomic mass is 10.2. The van der Waals surface area contributed by atoms with Crippen LogP contribution in [0.4, 0.5) is 5.69 Å². The topological polar surface area (TPSA) is 102 Å². The summed E-state index contributed by atoms with van der Waals surface area (Å²) in [6.45, 7) is 4.77. The van der Waals surface area contributed by atoms with Crippen LogP contribution in [0.5, 0.6) is 0 Å². The number of anilines is 1. The van der Waals surface area contributed by atoms with Crippen molar-refractivity contribution in [1.29, 1.82) is 0 Å². The summed E-state index contributed by atoms with van der Waals surface area (Å²) >= 11 is 4.64. The lowest BCUT2D eigenvalue weighted by Gasteiger charge is -2.11. The standard InChI is InChI=1S/C20H22BrN5O3S/c1-13(2)11-26-19(16-8-5-9-29-16)24-25-20(26)30-12-18(28)22-10-17(27)23-15-7-4-3-6-14(15)21/h3-9,13H,10-12H2,1-2H3,(H,22,28)(H,23,27). The molecular formula is C20H22BrN5O3S. The van der Waals surface area contributed by atoms with Gasteiger partial charge >= 0.3 is 0 Å². The van der Waals surface area contributed by atoms with Crippen molar-refractivity contribution in [3.8, 4) is 11.6 Å². The molecule has 0 fully saturated rings. The number of furan rings is 1. The Kier molecular flexibility index (Phi) is 7.69. The van der Waals surface area contributed by atoms with Crippen molar-refractivity contribution in [2.24, 2.45) is 5.92 Å². The Balaban J connectivity index is 1.54. The molecule has 3 aromatic rings. The minimum atomic E-state index is -0.302. The Hall–Kier alpha value is -2.59. The highest BCUT2D eigenvalue weighted by Gasteiger charge is 2.18. The van der Waals surface area contributed by atoms with E-state index in [9.17, 15) is 9.59 Å². The fraction of sp³-hybridized carbons (Fsp3) is 0.300. The molecule has 0 atom stereocenters. The Bertz CT molecular complexity index is 1000. The quantitative estimate of drug-likeness (QED) is 0.441. The molecule has 3 rings (SSSR count). The summed E-state index contributed by atoms with van der Waals surface area (Å²) < 4.78 is 8.16. The fourth-order valence-corrected chi connectivity index (χ4v) is 3.79. The number of thioether (sulfide) groups is 1. The second-order valence-corrected chi connectivity index (χ2v) is 8.68. The normalized spacial score (nSPS) is 10.9. The number of nitrogens with zero attached hydrogens (tertiary/aromatic N) is 3. The Labute approximate surface area is 186 Å². The third-order valence-corrected chi connectivity index (χ3v) is 5.59. The van der Waals surface area contributed by atoms with Gasteiger partial charge in [-0.3, -0.25) is 14.2 Å². The van der Waals surface area contributed by atoms with Crippen molar-refractivity contribution in [3.63, 3.8) is 0 Å². The van der Waals surface area contributed by atoms with Gasteiger partial charge in [-0.2, -0.15) is 0 Å². The van der Waals surface area contributed by atoms with Crippen LogP contribution in [0.15, 0.2) is 56.7 Å². The van der Waals surface area contributed by atoms with Gasteiger partial charge in [0.2, 0.25) is 11.8 Å². The molecule has 30 heavy (non-hydrogen) atoms. The van der Waals surface area contributed by atoms with Crippen molar-refractivity contribution in [2.45, 2.75) is 25.5 Å². The van der Waals surface area contributed by atoms with E-state index in [4.69, 9.17) is 4.42 Å². The molecule has 0 spiro atoms. The molecule has 0 aliphatic heterocycles. The summed E-state index contributed by atoms with van der Waals surface area (Å²) in [4.78, 5) is 24.3. The van der Waals surface area contributed by atoms with E-state index in [-0.39, 0.29) is 24.1 Å². The van der Waals surface area contributed by atoms with E-state index in [2.05, 4.69) is 50.6 Å². The van der Waals surface area contributed by atoms with Crippen LogP contribution in [0.1, 0.15) is 13.8 Å². The van der Waals surface area contributed by atoms with Gasteiger partial charge in [0, 0.05) is 11.0 Å². The molecule has 0 saturated heterocycles. The molecule has 10 heteroatoms. The van der Waals surface area contributed by atoms with Gasteiger partial charge in [-0.15, -0.1) is 10.2 Å². The molecule has 0 radical (unpaired) electrons. The minimum absolute atomic E-state index is 0.114. The van der Waals surface area contributed by atoms with Gasteiger partial charge in [-0.25, -0.2) is 0 Å². The maximum atomic E-state index is 12.2. The molecule has 0 aliphatic rings. The van der Waals surface area contributed by atoms with E-state index >= 15 is 0 Å². The molecular weight excluding hydrogens is 470 g/mol. The van der Waals surface area contributed by atoms with Gasteiger partial charge in [0.05, 0.1) is 24.2 Å². The predicted octanol–water partition coefficient (Wildman–Crippen LogP) is 3.80. The number of carbonyl (C=O) groups is 2. The lowest BCUT2D eigenvalue weighted by Crippen LogP contribution is -2.34. The molecule has 0 aliphatic carbocycles. The van der Waals surface area contributed by atoms with Gasteiger partial charge in [0.1, 0.15) is 0 Å². The average Bonchev–Trinajstić information content (AvgIpc) is 3.36. The molecule has 2 N–H and O–H groups in total. The van der Waals surface area contributed by atoms with Gasteiger partial charge in [-0.1, -0.05) is 37.7 Å². The number of halogens is 1. The Morgan fingerprint density at radius 2 is 1.97 bits per heavy atom. The first-order chi connectivity index (χ1) is 14.4. The Morgan fingerprint density at radius 3 is 2.67 bits per heavy atom. The molecule has 8 nitrogen and oxygen atoms in total. The molecule has 0 saturated carbocycles. The lowest BCUT2D eigenvalue weighted by molar-refractivity contribution is -0.122. The van der Waals surface area contributed by atoms with Crippen LogP contribution in [0.2, 0.25) is 0 Å². The number of amides is 2. The van der Waals surface area contributed by atoms with Crippen molar-refractivity contribution < 1.29 is 14.0 Å². The van der Waals surface area contributed by atoms with Crippen molar-refractivity contribution in [2.75, 3.05) is 17.6 Å². The number of hydrogen-bond acceptors (Lipinski definition) is 6. The highest BCUT2D eigenvalue weighted by molar-refractivity contribution is 9.10. The zero-order chi connectivity index (χ0) is 21.5. The van der Waals surface area contributed by atoms with Crippen molar-refractivity contribution >= 4 is 45.2 Å². The molecule has 0 bridgehead atoms. The number of carbonyl (C=O) groups excluding carboxylic acids is 2. The summed E-state index contributed by atoms with van der Waals surface area (Å²) in [5.74, 6) is 1.18. The summed E-state index contributed by atoms with van der Waals surface area (Å²) in [5.41, 5.74) is 0.651. The Morgan fingerprint density at radius 1 is 1.17 bits per heavy atom. The zero-order valence-corrected chi connectivity index (χ0v) is 19.0. The highest BCUT2D eigenvalue weighted by atomic mass is 79.9. The summed E-state index contributed by atoms with van der Waals surface area (Å²) in [5, 5.41) is 14.4. The summed E-state index contributed by atoms with van der Waals surface area (Å²) in [6, 6.07) is 10.9. The summed E-state index contributed by atoms with van der Waals surface area (Å²) in [7, 11) is 0. The van der Waals surface area contributed by atoms with Crippen LogP contribution in [-0.2, 0) is 16.1 Å². The second-order valence-electron chi connectivity index (χ2n) is 6.88. The molecule has 158 valence electrons. The average molecular weight is 492 g/mol. The maximum absolute atomic E-state index is 12.2. The number of aromatic nitrogens is 3. The van der Waals surface area contributed by atoms with E-state index in [0.29, 0.717) is 34.9 Å². The van der Waals surface area contributed by atoms with Crippen molar-refractivity contribution in [3.05, 3.63) is 47.1 Å². The fourth-order valence-electron chi connectivity index (χ4n) is 2.63. The van der Waals surface area contributed by atoms with Crippen LogP contribution in [-0.4, -0.2) is 38.9 Å². The van der Waals surface area contributed by atoms with E-state index in [1.807, 2.05) is 28.8 Å². The predicted molar refractivity (Wildman–Crippen MR) is 119 cm³/mol. The van der Waals surface area contributed by atoms with Crippen LogP contribution in [0.3, 0.4) is 0 Å². The smallest absolute Gasteiger partial charge is 0.243 e. The van der Waals surface area contributed by atoms with Gasteiger partial charge < -0.3 is 15.1 Å². The van der Waals surface area contributed by atoms with Crippen LogP contribution >= 0.6 is 27.7 Å². The molecule has 2 heterocycles. The van der Waals surface area contributed by atoms with Crippen LogP contribution < -0.4 is 10.6 Å². The second kappa shape index (κ2) is 10.4. The van der Waals surface area contributed by atoms with Gasteiger partial charge in [0.15, 0.2) is 16.7 Å². The highest BCUT2D eigenvalue weighted by Crippen LogP contribution is 2.25. The first-order valence-electron chi connectivity index (χ1n) is 9.35. The van der Waals surface area contributed by atoms with Crippen molar-refractivity contribution in [1.82, 2.24) is 20.1 Å². The third-order valence-electron chi connectivity index (χ3n) is 3.93. The number of para-hydroxylation sites is 1. The number of nitrogens with one attached hydrogen (secondary N) is 2. The maximum Gasteiger partial charge on any atom is 0.243 e. The molecule has 2 aromatic heterocycles. The first-order valence-corrected chi connectivity index (χ1v) is 11.1. The van der Waals surface area contributed by atoms with E-state index in [0.717, 1.165) is 4.47 Å². The molecule has 1 aromatic carbocycles. The number of benzene rings is 1. The monoisotopic (exact) mass is 491 g/mol. The van der Waals surface area contributed by atoms with E-state index < -0.39 is 0 Å². The third kappa shape index (κ3) is 5.96. The first kappa shape index (κ1) is 22.1. The number of rotatable bonds is 9.